The summed E-state index contributed by atoms with van der Waals surface area (Å²) < 4.78 is 39.2. The Balaban J connectivity index is 2.06. The summed E-state index contributed by atoms with van der Waals surface area (Å²) >= 11 is 0. The molecule has 0 aliphatic rings. The summed E-state index contributed by atoms with van der Waals surface area (Å²) in [4.78, 5) is 9.48. The summed E-state index contributed by atoms with van der Waals surface area (Å²) in [5.74, 6) is 0.0653. The Labute approximate surface area is 155 Å². The number of nitrogens with zero attached hydrogens (tertiary/aromatic N) is 3. The standard InChI is InChI=1S/C18H22F3N5O/c1-11(14-9-13(19)3-4-15(14)22)26(7-8-27)6-5-23-17-10-16(18(20)21)24-12(2)25-17/h3-4,9-10,18,27H,1,5-8,22H2,2H3,(H,23,24,25). The van der Waals surface area contributed by atoms with Crippen LogP contribution in [0.5, 0.6) is 0 Å². The van der Waals surface area contributed by atoms with Crippen LogP contribution in [0.2, 0.25) is 0 Å². The van der Waals surface area contributed by atoms with Crippen molar-refractivity contribution in [3.63, 3.8) is 0 Å². The Bertz CT molecular complexity index is 801. The van der Waals surface area contributed by atoms with Crippen LogP contribution in [-0.4, -0.2) is 46.2 Å². The Kier molecular flexibility index (Phi) is 7.00. The lowest BCUT2D eigenvalue weighted by atomic mass is 10.1. The van der Waals surface area contributed by atoms with Gasteiger partial charge in [-0.2, -0.15) is 0 Å². The van der Waals surface area contributed by atoms with Gasteiger partial charge >= 0.3 is 0 Å². The van der Waals surface area contributed by atoms with Crippen LogP contribution in [-0.2, 0) is 0 Å². The van der Waals surface area contributed by atoms with Gasteiger partial charge < -0.3 is 21.1 Å². The van der Waals surface area contributed by atoms with Gasteiger partial charge in [-0.15, -0.1) is 0 Å². The van der Waals surface area contributed by atoms with Crippen LogP contribution in [0.25, 0.3) is 5.70 Å². The number of aryl methyl sites for hydroxylation is 1. The van der Waals surface area contributed by atoms with Crippen LogP contribution in [0.3, 0.4) is 0 Å². The molecule has 0 bridgehead atoms. The zero-order chi connectivity index (χ0) is 20.0. The summed E-state index contributed by atoms with van der Waals surface area (Å²) in [6, 6.07) is 5.16. The Morgan fingerprint density at radius 2 is 2.04 bits per heavy atom. The number of aliphatic hydroxyl groups is 1. The highest BCUT2D eigenvalue weighted by atomic mass is 19.3. The van der Waals surface area contributed by atoms with Gasteiger partial charge in [0.1, 0.15) is 23.2 Å². The fourth-order valence-electron chi connectivity index (χ4n) is 2.56. The van der Waals surface area contributed by atoms with E-state index in [1.165, 1.54) is 31.2 Å². The normalized spacial score (nSPS) is 10.9. The number of anilines is 2. The maximum absolute atomic E-state index is 13.5. The SMILES string of the molecule is C=C(c1cc(F)ccc1N)N(CCO)CCNc1cc(C(F)F)nc(C)n1. The predicted molar refractivity (Wildman–Crippen MR) is 98.7 cm³/mol. The number of aromatic nitrogens is 2. The number of nitrogens with one attached hydrogen (secondary N) is 1. The second-order valence-corrected chi connectivity index (χ2v) is 5.84. The van der Waals surface area contributed by atoms with Crippen molar-refractivity contribution in [3.8, 4) is 0 Å². The zero-order valence-electron chi connectivity index (χ0n) is 14.9. The molecule has 4 N–H and O–H groups in total. The fourth-order valence-corrected chi connectivity index (χ4v) is 2.56. The number of benzene rings is 1. The molecule has 6 nitrogen and oxygen atoms in total. The van der Waals surface area contributed by atoms with E-state index in [0.717, 1.165) is 0 Å². The zero-order valence-corrected chi connectivity index (χ0v) is 14.9. The van der Waals surface area contributed by atoms with Crippen molar-refractivity contribution >= 4 is 17.2 Å². The number of nitrogen functional groups attached to an aromatic ring is 1. The van der Waals surface area contributed by atoms with E-state index < -0.39 is 12.2 Å². The van der Waals surface area contributed by atoms with E-state index in [2.05, 4.69) is 21.9 Å². The monoisotopic (exact) mass is 381 g/mol. The number of alkyl halides is 2. The first kappa shape index (κ1) is 20.5. The quantitative estimate of drug-likeness (QED) is 0.579. The molecule has 27 heavy (non-hydrogen) atoms. The number of hydrogen-bond donors (Lipinski definition) is 3. The third-order valence-corrected chi connectivity index (χ3v) is 3.85. The van der Waals surface area contributed by atoms with Crippen molar-refractivity contribution in [1.82, 2.24) is 14.9 Å². The maximum atomic E-state index is 13.5. The van der Waals surface area contributed by atoms with Crippen molar-refractivity contribution in [2.75, 3.05) is 37.3 Å². The van der Waals surface area contributed by atoms with Gasteiger partial charge in [0.25, 0.3) is 6.43 Å². The first-order valence-electron chi connectivity index (χ1n) is 8.29. The molecule has 1 heterocycles. The molecular weight excluding hydrogens is 359 g/mol. The number of aliphatic hydroxyl groups excluding tert-OH is 1. The van der Waals surface area contributed by atoms with Gasteiger partial charge in [0.15, 0.2) is 0 Å². The summed E-state index contributed by atoms with van der Waals surface area (Å²) in [6.45, 7) is 6.27. The highest BCUT2D eigenvalue weighted by Crippen LogP contribution is 2.24. The third-order valence-electron chi connectivity index (χ3n) is 3.85. The number of hydrogen-bond acceptors (Lipinski definition) is 6. The van der Waals surface area contributed by atoms with E-state index in [-0.39, 0.29) is 30.5 Å². The van der Waals surface area contributed by atoms with Crippen LogP contribution in [0.4, 0.5) is 24.7 Å². The van der Waals surface area contributed by atoms with E-state index in [9.17, 15) is 18.3 Å². The molecule has 0 aliphatic carbocycles. The van der Waals surface area contributed by atoms with E-state index in [1.807, 2.05) is 0 Å². The predicted octanol–water partition coefficient (Wildman–Crippen LogP) is 2.82. The van der Waals surface area contributed by atoms with Gasteiger partial charge in [0.2, 0.25) is 0 Å². The van der Waals surface area contributed by atoms with Gasteiger partial charge in [-0.1, -0.05) is 6.58 Å². The Hall–Kier alpha value is -2.81. The van der Waals surface area contributed by atoms with Gasteiger partial charge in [0.05, 0.1) is 6.61 Å². The average Bonchev–Trinajstić information content (AvgIpc) is 2.62. The van der Waals surface area contributed by atoms with Crippen molar-refractivity contribution in [2.45, 2.75) is 13.3 Å². The highest BCUT2D eigenvalue weighted by Gasteiger charge is 2.14. The molecule has 0 amide bonds. The van der Waals surface area contributed by atoms with E-state index >= 15 is 0 Å². The molecule has 1 aromatic carbocycles. The van der Waals surface area contributed by atoms with Crippen LogP contribution in [0.15, 0.2) is 30.8 Å². The first-order valence-corrected chi connectivity index (χ1v) is 8.29. The molecule has 1 aromatic heterocycles. The first-order chi connectivity index (χ1) is 12.8. The lowest BCUT2D eigenvalue weighted by molar-refractivity contribution is 0.145. The van der Waals surface area contributed by atoms with E-state index in [4.69, 9.17) is 5.73 Å². The second kappa shape index (κ2) is 9.22. The molecule has 0 atom stereocenters. The molecule has 0 fully saturated rings. The third kappa shape index (κ3) is 5.58. The van der Waals surface area contributed by atoms with Gasteiger partial charge in [-0.25, -0.2) is 23.1 Å². The summed E-state index contributed by atoms with van der Waals surface area (Å²) in [6.07, 6.45) is -2.69. The minimum Gasteiger partial charge on any atom is -0.398 e. The lowest BCUT2D eigenvalue weighted by Crippen LogP contribution is -2.30. The second-order valence-electron chi connectivity index (χ2n) is 5.84. The minimum absolute atomic E-state index is 0.142. The van der Waals surface area contributed by atoms with Gasteiger partial charge in [-0.05, 0) is 25.1 Å². The molecule has 0 saturated carbocycles. The van der Waals surface area contributed by atoms with E-state index in [0.29, 0.717) is 30.0 Å². The van der Waals surface area contributed by atoms with Crippen molar-refractivity contribution in [2.24, 2.45) is 0 Å². The summed E-state index contributed by atoms with van der Waals surface area (Å²) in [5, 5.41) is 12.2. The molecule has 0 radical (unpaired) electrons. The van der Waals surface area contributed by atoms with Crippen LogP contribution in [0.1, 0.15) is 23.5 Å². The summed E-state index contributed by atoms with van der Waals surface area (Å²) in [7, 11) is 0. The van der Waals surface area contributed by atoms with Gasteiger partial charge in [-0.3, -0.25) is 0 Å². The Morgan fingerprint density at radius 1 is 1.30 bits per heavy atom. The minimum atomic E-state index is -2.69. The molecule has 2 aromatic rings. The van der Waals surface area contributed by atoms with Crippen molar-refractivity contribution in [1.29, 1.82) is 0 Å². The molecule has 0 spiro atoms. The van der Waals surface area contributed by atoms with E-state index in [1.54, 1.807) is 4.90 Å². The maximum Gasteiger partial charge on any atom is 0.280 e. The van der Waals surface area contributed by atoms with Gasteiger partial charge in [0, 0.05) is 42.6 Å². The van der Waals surface area contributed by atoms with Crippen molar-refractivity contribution in [3.05, 3.63) is 53.7 Å². The van der Waals surface area contributed by atoms with Crippen LogP contribution >= 0.6 is 0 Å². The van der Waals surface area contributed by atoms with Crippen molar-refractivity contribution < 1.29 is 18.3 Å². The molecule has 146 valence electrons. The number of rotatable bonds is 9. The number of nitrogens with two attached hydrogens (primary N) is 1. The highest BCUT2D eigenvalue weighted by molar-refractivity contribution is 5.72. The average molecular weight is 381 g/mol. The Morgan fingerprint density at radius 3 is 2.70 bits per heavy atom. The molecule has 0 saturated heterocycles. The number of halogens is 3. The molecule has 0 aliphatic heterocycles. The lowest BCUT2D eigenvalue weighted by Gasteiger charge is -2.27. The molecule has 0 unspecified atom stereocenters. The smallest absolute Gasteiger partial charge is 0.280 e. The molecular formula is C18H22F3N5O. The topological polar surface area (TPSA) is 87.3 Å². The summed E-state index contributed by atoms with van der Waals surface area (Å²) in [5.41, 5.74) is 6.78. The largest absolute Gasteiger partial charge is 0.398 e. The fraction of sp³-hybridized carbons (Fsp3) is 0.333. The molecule has 2 rings (SSSR count). The molecule has 9 heteroatoms. The van der Waals surface area contributed by atoms with Crippen LogP contribution < -0.4 is 11.1 Å². The van der Waals surface area contributed by atoms with Crippen LogP contribution in [0, 0.1) is 12.7 Å².